The van der Waals surface area contributed by atoms with Crippen LogP contribution in [0.2, 0.25) is 0 Å². The van der Waals surface area contributed by atoms with Crippen LogP contribution in [-0.4, -0.2) is 16.4 Å². The number of anilines is 1. The third kappa shape index (κ3) is 1.03. The van der Waals surface area contributed by atoms with Gasteiger partial charge in [-0.15, -0.1) is 0 Å². The molecule has 0 atom stereocenters. The van der Waals surface area contributed by atoms with E-state index in [4.69, 9.17) is 10.5 Å². The van der Waals surface area contributed by atoms with Crippen molar-refractivity contribution in [2.24, 2.45) is 5.41 Å². The van der Waals surface area contributed by atoms with Crippen LogP contribution in [0.1, 0.15) is 13.8 Å². The molecule has 0 aromatic carbocycles. The second kappa shape index (κ2) is 2.15. The number of ether oxygens (including phenoxy) is 1. The van der Waals surface area contributed by atoms with Crippen LogP contribution < -0.4 is 10.5 Å². The molecule has 0 amide bonds. The summed E-state index contributed by atoms with van der Waals surface area (Å²) in [6.45, 7) is 5.88. The zero-order chi connectivity index (χ0) is 8.77. The highest BCUT2D eigenvalue weighted by molar-refractivity contribution is 5.46. The molecule has 4 heteroatoms. The minimum Gasteiger partial charge on any atom is -0.476 e. The van der Waals surface area contributed by atoms with Gasteiger partial charge in [-0.3, -0.25) is 0 Å². The topological polar surface area (TPSA) is 53.1 Å². The monoisotopic (exact) mass is 167 g/mol. The number of aromatic nitrogens is 2. The Labute approximate surface area is 71.3 Å². The minimum atomic E-state index is 0.158. The van der Waals surface area contributed by atoms with Crippen LogP contribution in [0, 0.1) is 5.41 Å². The third-order valence-corrected chi connectivity index (χ3v) is 2.00. The third-order valence-electron chi connectivity index (χ3n) is 2.00. The van der Waals surface area contributed by atoms with Crippen LogP contribution in [0.25, 0.3) is 0 Å². The highest BCUT2D eigenvalue weighted by Gasteiger charge is 2.28. The molecule has 0 bridgehead atoms. The summed E-state index contributed by atoms with van der Waals surface area (Å²) in [5, 5.41) is 4.12. The molecule has 0 spiro atoms. The lowest BCUT2D eigenvalue weighted by Gasteiger charge is -2.30. The zero-order valence-electron chi connectivity index (χ0n) is 7.37. The van der Waals surface area contributed by atoms with Crippen LogP contribution in [0.5, 0.6) is 5.88 Å². The Kier molecular flexibility index (Phi) is 1.34. The molecule has 0 unspecified atom stereocenters. The van der Waals surface area contributed by atoms with Gasteiger partial charge in [0.05, 0.1) is 19.3 Å². The SMILES string of the molecule is CC1(C)COc2c(N)cnn2C1. The lowest BCUT2D eigenvalue weighted by atomic mass is 9.94. The predicted octanol–water partition coefficient (Wildman–Crippen LogP) is 0.884. The molecule has 0 radical (unpaired) electrons. The number of hydrogen-bond donors (Lipinski definition) is 1. The largest absolute Gasteiger partial charge is 0.476 e. The van der Waals surface area contributed by atoms with E-state index >= 15 is 0 Å². The highest BCUT2D eigenvalue weighted by Crippen LogP contribution is 2.31. The summed E-state index contributed by atoms with van der Waals surface area (Å²) in [5.41, 5.74) is 6.43. The van der Waals surface area contributed by atoms with Crippen molar-refractivity contribution >= 4 is 5.69 Å². The van der Waals surface area contributed by atoms with Crippen molar-refractivity contribution in [2.45, 2.75) is 20.4 Å². The molecule has 0 saturated carbocycles. The number of nitrogen functional groups attached to an aromatic ring is 1. The van der Waals surface area contributed by atoms with Gasteiger partial charge in [-0.2, -0.15) is 5.10 Å². The molecule has 2 heterocycles. The van der Waals surface area contributed by atoms with E-state index in [1.54, 1.807) is 6.20 Å². The van der Waals surface area contributed by atoms with E-state index in [0.29, 0.717) is 18.2 Å². The van der Waals surface area contributed by atoms with E-state index < -0.39 is 0 Å². The first kappa shape index (κ1) is 7.46. The molecule has 66 valence electrons. The van der Waals surface area contributed by atoms with Crippen LogP contribution in [0.15, 0.2) is 6.20 Å². The standard InChI is InChI=1S/C8H13N3O/c1-8(2)4-11-7(12-5-8)6(9)3-10-11/h3H,4-5,9H2,1-2H3. The average Bonchev–Trinajstić information content (AvgIpc) is 2.30. The first-order chi connectivity index (χ1) is 5.58. The molecule has 0 aliphatic carbocycles. The molecule has 2 rings (SSSR count). The maximum atomic E-state index is 5.64. The average molecular weight is 167 g/mol. The van der Waals surface area contributed by atoms with Crippen molar-refractivity contribution in [3.8, 4) is 5.88 Å². The molecule has 1 aliphatic rings. The van der Waals surface area contributed by atoms with E-state index in [1.807, 2.05) is 4.68 Å². The normalized spacial score (nSPS) is 19.8. The first-order valence-electron chi connectivity index (χ1n) is 4.03. The quantitative estimate of drug-likeness (QED) is 0.624. The van der Waals surface area contributed by atoms with Gasteiger partial charge in [0.1, 0.15) is 5.69 Å². The number of fused-ring (bicyclic) bond motifs is 1. The summed E-state index contributed by atoms with van der Waals surface area (Å²) >= 11 is 0. The van der Waals surface area contributed by atoms with Crippen molar-refractivity contribution in [2.75, 3.05) is 12.3 Å². The fourth-order valence-corrected chi connectivity index (χ4v) is 1.37. The second-order valence-corrected chi connectivity index (χ2v) is 4.02. The van der Waals surface area contributed by atoms with Gasteiger partial charge in [0.25, 0.3) is 0 Å². The molecule has 1 aliphatic heterocycles. The Hall–Kier alpha value is -1.19. The lowest BCUT2D eigenvalue weighted by molar-refractivity contribution is 0.101. The summed E-state index contributed by atoms with van der Waals surface area (Å²) < 4.78 is 7.30. The number of nitrogens with zero attached hydrogens (tertiary/aromatic N) is 2. The zero-order valence-corrected chi connectivity index (χ0v) is 7.37. The van der Waals surface area contributed by atoms with E-state index in [9.17, 15) is 0 Å². The van der Waals surface area contributed by atoms with Gasteiger partial charge in [-0.05, 0) is 0 Å². The summed E-state index contributed by atoms with van der Waals surface area (Å²) in [7, 11) is 0. The van der Waals surface area contributed by atoms with Gasteiger partial charge in [0, 0.05) is 5.41 Å². The van der Waals surface area contributed by atoms with Crippen molar-refractivity contribution < 1.29 is 4.74 Å². The Morgan fingerprint density at radius 3 is 3.17 bits per heavy atom. The van der Waals surface area contributed by atoms with Crippen LogP contribution in [0.3, 0.4) is 0 Å². The molecule has 0 fully saturated rings. The molecule has 1 aromatic heterocycles. The Morgan fingerprint density at radius 1 is 1.67 bits per heavy atom. The van der Waals surface area contributed by atoms with Crippen molar-refractivity contribution in [3.63, 3.8) is 0 Å². The maximum Gasteiger partial charge on any atom is 0.235 e. The summed E-state index contributed by atoms with van der Waals surface area (Å²) in [5.74, 6) is 0.717. The van der Waals surface area contributed by atoms with Gasteiger partial charge in [0.2, 0.25) is 5.88 Å². The van der Waals surface area contributed by atoms with Gasteiger partial charge in [-0.25, -0.2) is 4.68 Å². The molecule has 2 N–H and O–H groups in total. The van der Waals surface area contributed by atoms with Crippen LogP contribution in [0.4, 0.5) is 5.69 Å². The lowest BCUT2D eigenvalue weighted by Crippen LogP contribution is -2.33. The van der Waals surface area contributed by atoms with Crippen molar-refractivity contribution in [1.82, 2.24) is 9.78 Å². The van der Waals surface area contributed by atoms with E-state index in [-0.39, 0.29) is 5.41 Å². The minimum absolute atomic E-state index is 0.158. The van der Waals surface area contributed by atoms with Crippen LogP contribution in [-0.2, 0) is 6.54 Å². The molecule has 0 saturated heterocycles. The Bertz CT molecular complexity index is 303. The Balaban J connectivity index is 2.37. The molecule has 4 nitrogen and oxygen atoms in total. The molecule has 12 heavy (non-hydrogen) atoms. The van der Waals surface area contributed by atoms with Crippen LogP contribution >= 0.6 is 0 Å². The van der Waals surface area contributed by atoms with Gasteiger partial charge in [0.15, 0.2) is 0 Å². The van der Waals surface area contributed by atoms with E-state index in [0.717, 1.165) is 6.54 Å². The summed E-state index contributed by atoms with van der Waals surface area (Å²) in [4.78, 5) is 0. The number of nitrogens with two attached hydrogens (primary N) is 1. The first-order valence-corrected chi connectivity index (χ1v) is 4.03. The van der Waals surface area contributed by atoms with Gasteiger partial charge in [-0.1, -0.05) is 13.8 Å². The smallest absolute Gasteiger partial charge is 0.235 e. The number of hydrogen-bond acceptors (Lipinski definition) is 3. The summed E-state index contributed by atoms with van der Waals surface area (Å²) in [6.07, 6.45) is 1.64. The van der Waals surface area contributed by atoms with Crippen molar-refractivity contribution in [3.05, 3.63) is 6.20 Å². The second-order valence-electron chi connectivity index (χ2n) is 4.02. The fraction of sp³-hybridized carbons (Fsp3) is 0.625. The molecule has 1 aromatic rings. The predicted molar refractivity (Wildman–Crippen MR) is 45.9 cm³/mol. The maximum absolute atomic E-state index is 5.64. The van der Waals surface area contributed by atoms with Crippen molar-refractivity contribution in [1.29, 1.82) is 0 Å². The van der Waals surface area contributed by atoms with E-state index in [1.165, 1.54) is 0 Å². The Morgan fingerprint density at radius 2 is 2.42 bits per heavy atom. The van der Waals surface area contributed by atoms with Gasteiger partial charge < -0.3 is 10.5 Å². The summed E-state index contributed by atoms with van der Waals surface area (Å²) in [6, 6.07) is 0. The van der Waals surface area contributed by atoms with E-state index in [2.05, 4.69) is 18.9 Å². The highest BCUT2D eigenvalue weighted by atomic mass is 16.5. The van der Waals surface area contributed by atoms with Gasteiger partial charge >= 0.3 is 0 Å². The molecular formula is C8H13N3O. The fourth-order valence-electron chi connectivity index (χ4n) is 1.37. The molecular weight excluding hydrogens is 154 g/mol. The number of rotatable bonds is 0.